The van der Waals surface area contributed by atoms with E-state index in [-0.39, 0.29) is 50.5 Å². The largest absolute Gasteiger partial charge is 0.481 e. The van der Waals surface area contributed by atoms with Gasteiger partial charge in [-0.05, 0) is 126 Å². The molecule has 270 valence electrons. The van der Waals surface area contributed by atoms with Crippen LogP contribution < -0.4 is 5.32 Å². The summed E-state index contributed by atoms with van der Waals surface area (Å²) in [6, 6.07) is 7.43. The van der Waals surface area contributed by atoms with Crippen LogP contribution in [0.2, 0.25) is 0 Å². The summed E-state index contributed by atoms with van der Waals surface area (Å²) < 4.78 is 23.9. The van der Waals surface area contributed by atoms with E-state index >= 15 is 0 Å². The number of rotatable bonds is 7. The Bertz CT molecular complexity index is 1620. The molecule has 1 aliphatic heterocycles. The van der Waals surface area contributed by atoms with Crippen LogP contribution in [0.15, 0.2) is 30.3 Å². The highest BCUT2D eigenvalue weighted by Gasteiger charge is 2.71. The number of aliphatic carboxylic acids is 1. The molecule has 49 heavy (non-hydrogen) atoms. The first-order chi connectivity index (χ1) is 23.0. The number of sulfone groups is 1. The van der Waals surface area contributed by atoms with Crippen LogP contribution in [0.5, 0.6) is 0 Å². The van der Waals surface area contributed by atoms with E-state index in [9.17, 15) is 28.2 Å². The van der Waals surface area contributed by atoms with Crippen molar-refractivity contribution < 1.29 is 28.2 Å². The predicted octanol–water partition coefficient (Wildman–Crippen LogP) is 6.62. The maximum absolute atomic E-state index is 12.9. The van der Waals surface area contributed by atoms with E-state index in [1.165, 1.54) is 5.57 Å². The maximum Gasteiger partial charge on any atom is 0.335 e. The molecule has 0 spiro atoms. The summed E-state index contributed by atoms with van der Waals surface area (Å²) >= 11 is 0. The third-order valence-electron chi connectivity index (χ3n) is 16.1. The van der Waals surface area contributed by atoms with Gasteiger partial charge in [0.15, 0.2) is 9.84 Å². The number of carboxylic acids is 2. The van der Waals surface area contributed by atoms with Crippen LogP contribution >= 0.6 is 0 Å². The fraction of sp³-hybridized carbons (Fsp3) is 0.750. The summed E-state index contributed by atoms with van der Waals surface area (Å²) in [5.74, 6) is 0.127. The lowest BCUT2D eigenvalue weighted by atomic mass is 9.33. The third kappa shape index (κ3) is 5.37. The van der Waals surface area contributed by atoms with E-state index in [2.05, 4.69) is 50.9 Å². The third-order valence-corrected chi connectivity index (χ3v) is 17.7. The molecule has 5 aliphatic carbocycles. The molecular formula is C40H58N2O6S. The van der Waals surface area contributed by atoms with Crippen LogP contribution in [-0.2, 0) is 14.6 Å². The molecule has 4 saturated carbocycles. The molecule has 3 N–H and O–H groups in total. The Hall–Kier alpha value is -2.23. The van der Waals surface area contributed by atoms with Crippen molar-refractivity contribution >= 4 is 27.3 Å². The Morgan fingerprint density at radius 1 is 0.857 bits per heavy atom. The SMILES string of the molecule is CC1(C)C(c2ccc(C(=O)O)cc2)=CCC2(C)C1CCC1(C)C2CCC2C3C(C(=O)O)CCC3(NCCN3CCS(=O)(=O)CC3)CCC21C. The van der Waals surface area contributed by atoms with Gasteiger partial charge in [-0.2, -0.15) is 0 Å². The minimum Gasteiger partial charge on any atom is -0.481 e. The van der Waals surface area contributed by atoms with E-state index in [0.717, 1.165) is 76.4 Å². The molecule has 1 saturated heterocycles. The Morgan fingerprint density at radius 3 is 2.20 bits per heavy atom. The summed E-state index contributed by atoms with van der Waals surface area (Å²) in [6.45, 7) is 15.2. The molecule has 6 aliphatic rings. The molecule has 0 amide bonds. The average molecular weight is 695 g/mol. The number of carbonyl (C=O) groups is 2. The lowest BCUT2D eigenvalue weighted by Crippen LogP contribution is -2.68. The van der Waals surface area contributed by atoms with Gasteiger partial charge >= 0.3 is 11.9 Å². The number of hydrogen-bond acceptors (Lipinski definition) is 6. The average Bonchev–Trinajstić information content (AvgIpc) is 3.42. The molecule has 5 fully saturated rings. The second-order valence-electron chi connectivity index (χ2n) is 18.2. The number of allylic oxidation sites excluding steroid dienone is 2. The summed E-state index contributed by atoms with van der Waals surface area (Å²) in [5.41, 5.74) is 2.86. The molecule has 0 aromatic heterocycles. The van der Waals surface area contributed by atoms with Crippen molar-refractivity contribution in [3.05, 3.63) is 41.5 Å². The van der Waals surface area contributed by atoms with E-state index in [1.807, 2.05) is 12.1 Å². The molecule has 8 nitrogen and oxygen atoms in total. The van der Waals surface area contributed by atoms with Crippen LogP contribution in [0.3, 0.4) is 0 Å². The van der Waals surface area contributed by atoms with E-state index in [1.54, 1.807) is 12.1 Å². The smallest absolute Gasteiger partial charge is 0.335 e. The van der Waals surface area contributed by atoms with Crippen molar-refractivity contribution in [2.45, 2.75) is 97.9 Å². The molecular weight excluding hydrogens is 637 g/mol. The monoisotopic (exact) mass is 694 g/mol. The highest BCUT2D eigenvalue weighted by atomic mass is 32.2. The second kappa shape index (κ2) is 11.9. The van der Waals surface area contributed by atoms with Gasteiger partial charge in [-0.25, -0.2) is 13.2 Å². The van der Waals surface area contributed by atoms with Gasteiger partial charge in [0.05, 0.1) is 23.0 Å². The zero-order chi connectivity index (χ0) is 35.2. The van der Waals surface area contributed by atoms with Crippen LogP contribution in [0.1, 0.15) is 108 Å². The Morgan fingerprint density at radius 2 is 1.55 bits per heavy atom. The van der Waals surface area contributed by atoms with Crippen LogP contribution in [0, 0.1) is 51.2 Å². The van der Waals surface area contributed by atoms with Gasteiger partial charge in [0.2, 0.25) is 0 Å². The van der Waals surface area contributed by atoms with Gasteiger partial charge in [-0.1, -0.05) is 52.8 Å². The minimum absolute atomic E-state index is 0.0547. The van der Waals surface area contributed by atoms with Gasteiger partial charge in [-0.3, -0.25) is 4.79 Å². The molecule has 0 bridgehead atoms. The standard InChI is InChI=1S/C40H58N2O6S/c1-36(2)29(26-6-8-27(9-7-26)34(43)44)13-15-37(3)31(36)14-16-39(5)32(37)11-10-30-33-28(35(45)46)12-17-40(33,19-18-38(30,39)4)41-20-21-42-22-24-49(47,48)25-23-42/h6-9,13,28,30-33,41H,10-12,14-25H2,1-5H3,(H,43,44)(H,45,46). The van der Waals surface area contributed by atoms with Gasteiger partial charge in [-0.15, -0.1) is 0 Å². The summed E-state index contributed by atoms with van der Waals surface area (Å²) in [4.78, 5) is 26.7. The number of benzene rings is 1. The molecule has 9 heteroatoms. The molecule has 9 unspecified atom stereocenters. The Labute approximate surface area is 293 Å². The molecule has 9 atom stereocenters. The summed E-state index contributed by atoms with van der Waals surface area (Å²) in [6.07, 6.45) is 11.8. The van der Waals surface area contributed by atoms with Crippen LogP contribution in [-0.4, -0.2) is 78.7 Å². The zero-order valence-electron chi connectivity index (χ0n) is 30.3. The number of nitrogens with one attached hydrogen (secondary N) is 1. The normalized spacial score (nSPS) is 42.6. The lowest BCUT2D eigenvalue weighted by Gasteiger charge is -2.72. The maximum atomic E-state index is 12.9. The molecule has 7 rings (SSSR count). The van der Waals surface area contributed by atoms with Crippen molar-refractivity contribution in [1.29, 1.82) is 0 Å². The van der Waals surface area contributed by atoms with Gasteiger partial charge in [0, 0.05) is 31.7 Å². The predicted molar refractivity (Wildman–Crippen MR) is 192 cm³/mol. The summed E-state index contributed by atoms with van der Waals surface area (Å²) in [5, 5.41) is 24.0. The number of nitrogens with zero attached hydrogens (tertiary/aromatic N) is 1. The first kappa shape index (κ1) is 35.2. The van der Waals surface area contributed by atoms with Crippen molar-refractivity contribution in [3.63, 3.8) is 0 Å². The van der Waals surface area contributed by atoms with Gasteiger partial charge in [0.1, 0.15) is 0 Å². The van der Waals surface area contributed by atoms with E-state index in [0.29, 0.717) is 36.4 Å². The van der Waals surface area contributed by atoms with Crippen LogP contribution in [0.4, 0.5) is 0 Å². The minimum atomic E-state index is -2.92. The van der Waals surface area contributed by atoms with Gasteiger partial charge < -0.3 is 20.4 Å². The fourth-order valence-corrected chi connectivity index (χ4v) is 14.8. The number of fused-ring (bicyclic) bond motifs is 7. The number of hydrogen-bond donors (Lipinski definition) is 3. The molecule has 1 aromatic rings. The van der Waals surface area contributed by atoms with Crippen LogP contribution in [0.25, 0.3) is 5.57 Å². The number of carboxylic acid groups (broad SMARTS) is 2. The molecule has 0 radical (unpaired) electrons. The van der Waals surface area contributed by atoms with Crippen molar-refractivity contribution in [2.75, 3.05) is 37.7 Å². The lowest BCUT2D eigenvalue weighted by molar-refractivity contribution is -0.221. The number of aromatic carboxylic acids is 1. The van der Waals surface area contributed by atoms with E-state index in [4.69, 9.17) is 0 Å². The second-order valence-corrected chi connectivity index (χ2v) is 20.5. The van der Waals surface area contributed by atoms with Gasteiger partial charge in [0.25, 0.3) is 0 Å². The van der Waals surface area contributed by atoms with Crippen molar-refractivity contribution in [2.24, 2.45) is 51.2 Å². The quantitative estimate of drug-likeness (QED) is 0.291. The highest BCUT2D eigenvalue weighted by molar-refractivity contribution is 7.91. The molecule has 1 heterocycles. The first-order valence-corrected chi connectivity index (χ1v) is 20.7. The Balaban J connectivity index is 1.15. The first-order valence-electron chi connectivity index (χ1n) is 18.9. The van der Waals surface area contributed by atoms with E-state index < -0.39 is 21.8 Å². The van der Waals surface area contributed by atoms with Crippen molar-refractivity contribution in [3.8, 4) is 0 Å². The highest BCUT2D eigenvalue weighted by Crippen LogP contribution is 2.76. The Kier molecular flexibility index (Phi) is 8.55. The fourth-order valence-electron chi connectivity index (χ4n) is 13.5. The summed E-state index contributed by atoms with van der Waals surface area (Å²) in [7, 11) is -2.92. The molecule has 1 aromatic carbocycles. The van der Waals surface area contributed by atoms with Crippen molar-refractivity contribution in [1.82, 2.24) is 10.2 Å². The topological polar surface area (TPSA) is 124 Å². The zero-order valence-corrected chi connectivity index (χ0v) is 31.1.